The Kier molecular flexibility index (Phi) is 2.70. The minimum Gasteiger partial charge on any atom is -0.481 e. The lowest BCUT2D eigenvalue weighted by Crippen LogP contribution is -2.39. The molecule has 1 aromatic rings. The molecular weight excluding hydrogens is 232 g/mol. The topological polar surface area (TPSA) is 55.0 Å². The lowest BCUT2D eigenvalue weighted by atomic mass is 9.93. The maximum Gasteiger partial charge on any atom is 0.228 e. The second-order valence-electron chi connectivity index (χ2n) is 4.83. The van der Waals surface area contributed by atoms with E-state index in [4.69, 9.17) is 9.47 Å². The van der Waals surface area contributed by atoms with Gasteiger partial charge in [-0.2, -0.15) is 4.98 Å². The third-order valence-corrected chi connectivity index (χ3v) is 3.45. The van der Waals surface area contributed by atoms with Gasteiger partial charge in [0.2, 0.25) is 11.8 Å². The molecular formula is C13H16N2O3. The minimum absolute atomic E-state index is 0.117. The van der Waals surface area contributed by atoms with Crippen molar-refractivity contribution in [3.8, 4) is 5.88 Å². The molecule has 1 aromatic heterocycles. The Morgan fingerprint density at radius 2 is 2.33 bits per heavy atom. The molecule has 0 aromatic carbocycles. The average Bonchev–Trinajstić information content (AvgIpc) is 3.17. The number of epoxide rings is 1. The highest BCUT2D eigenvalue weighted by Gasteiger charge is 2.35. The van der Waals surface area contributed by atoms with E-state index in [0.717, 1.165) is 18.0 Å². The van der Waals surface area contributed by atoms with Crippen LogP contribution in [0.1, 0.15) is 24.8 Å². The Labute approximate surface area is 106 Å². The van der Waals surface area contributed by atoms with Crippen LogP contribution in [0.4, 0.5) is 5.82 Å². The van der Waals surface area contributed by atoms with E-state index in [2.05, 4.69) is 11.9 Å². The molecule has 18 heavy (non-hydrogen) atoms. The third-order valence-electron chi connectivity index (χ3n) is 3.45. The Morgan fingerprint density at radius 1 is 1.56 bits per heavy atom. The summed E-state index contributed by atoms with van der Waals surface area (Å²) in [5, 5.41) is 0. The number of rotatable bonds is 3. The Hall–Kier alpha value is -1.62. The molecule has 0 aliphatic carbocycles. The molecule has 0 bridgehead atoms. The molecule has 0 saturated carbocycles. The molecule has 96 valence electrons. The number of carbonyl (C=O) groups excluding carboxylic acids is 1. The number of carbonyl (C=O) groups is 1. The van der Waals surface area contributed by atoms with Crippen LogP contribution in [0.2, 0.25) is 0 Å². The first-order valence-corrected chi connectivity index (χ1v) is 6.16. The van der Waals surface area contributed by atoms with Gasteiger partial charge in [-0.3, -0.25) is 9.69 Å². The van der Waals surface area contributed by atoms with Crippen LogP contribution in [0.3, 0.4) is 0 Å². The zero-order chi connectivity index (χ0) is 12.7. The Bertz CT molecular complexity index is 485. The molecule has 0 N–H and O–H groups in total. The van der Waals surface area contributed by atoms with Crippen LogP contribution in [-0.4, -0.2) is 37.3 Å². The molecule has 5 heteroatoms. The van der Waals surface area contributed by atoms with Crippen LogP contribution in [0.15, 0.2) is 12.1 Å². The molecule has 2 aliphatic heterocycles. The standard InChI is InChI=1S/C13H16N2O3/c1-8-5-12(16)15(6-9-7-18-9)13-10(8)3-4-11(14-13)17-2/h3-4,8-9H,5-7H2,1-2H3/t8?,9-/m1/s1. The van der Waals surface area contributed by atoms with Gasteiger partial charge in [0.05, 0.1) is 26.4 Å². The summed E-state index contributed by atoms with van der Waals surface area (Å²) in [4.78, 5) is 18.3. The van der Waals surface area contributed by atoms with Gasteiger partial charge in [0, 0.05) is 12.5 Å². The number of hydrogen-bond donors (Lipinski definition) is 0. The fourth-order valence-corrected chi connectivity index (χ4v) is 2.32. The molecule has 1 amide bonds. The summed E-state index contributed by atoms with van der Waals surface area (Å²) in [6.45, 7) is 3.38. The van der Waals surface area contributed by atoms with Crippen LogP contribution in [0.25, 0.3) is 0 Å². The lowest BCUT2D eigenvalue weighted by Gasteiger charge is -2.31. The lowest BCUT2D eigenvalue weighted by molar-refractivity contribution is -0.119. The number of aromatic nitrogens is 1. The number of nitrogens with zero attached hydrogens (tertiary/aromatic N) is 2. The summed E-state index contributed by atoms with van der Waals surface area (Å²) in [5.41, 5.74) is 1.11. The average molecular weight is 248 g/mol. The number of hydrogen-bond acceptors (Lipinski definition) is 4. The predicted molar refractivity (Wildman–Crippen MR) is 65.9 cm³/mol. The second kappa shape index (κ2) is 4.24. The largest absolute Gasteiger partial charge is 0.481 e. The zero-order valence-corrected chi connectivity index (χ0v) is 10.5. The van der Waals surface area contributed by atoms with Crippen molar-refractivity contribution in [3.63, 3.8) is 0 Å². The fraction of sp³-hybridized carbons (Fsp3) is 0.538. The van der Waals surface area contributed by atoms with E-state index in [-0.39, 0.29) is 17.9 Å². The molecule has 1 saturated heterocycles. The van der Waals surface area contributed by atoms with Crippen LogP contribution in [-0.2, 0) is 9.53 Å². The SMILES string of the molecule is COc1ccc2c(n1)N(C[C@@H]1CO1)C(=O)CC2C. The number of anilines is 1. The summed E-state index contributed by atoms with van der Waals surface area (Å²) < 4.78 is 10.3. The van der Waals surface area contributed by atoms with Gasteiger partial charge < -0.3 is 9.47 Å². The highest BCUT2D eigenvalue weighted by Crippen LogP contribution is 2.36. The van der Waals surface area contributed by atoms with Gasteiger partial charge in [0.25, 0.3) is 0 Å². The normalized spacial score (nSPS) is 25.9. The molecule has 1 fully saturated rings. The maximum atomic E-state index is 12.1. The minimum atomic E-state index is 0.117. The summed E-state index contributed by atoms with van der Waals surface area (Å²) in [5.74, 6) is 1.60. The van der Waals surface area contributed by atoms with E-state index in [1.54, 1.807) is 12.0 Å². The predicted octanol–water partition coefficient (Wildman–Crippen LogP) is 1.33. The zero-order valence-electron chi connectivity index (χ0n) is 10.5. The molecule has 3 heterocycles. The van der Waals surface area contributed by atoms with E-state index < -0.39 is 0 Å². The fourth-order valence-electron chi connectivity index (χ4n) is 2.32. The van der Waals surface area contributed by atoms with Gasteiger partial charge in [-0.05, 0) is 17.5 Å². The first kappa shape index (κ1) is 11.5. The summed E-state index contributed by atoms with van der Waals surface area (Å²) in [6.07, 6.45) is 0.705. The first-order valence-electron chi connectivity index (χ1n) is 6.16. The Morgan fingerprint density at radius 3 is 3.00 bits per heavy atom. The monoisotopic (exact) mass is 248 g/mol. The van der Waals surface area contributed by atoms with Crippen molar-refractivity contribution < 1.29 is 14.3 Å². The van der Waals surface area contributed by atoms with Gasteiger partial charge in [-0.25, -0.2) is 0 Å². The van der Waals surface area contributed by atoms with Crippen molar-refractivity contribution >= 4 is 11.7 Å². The molecule has 3 rings (SSSR count). The number of amides is 1. The Balaban J connectivity index is 1.99. The van der Waals surface area contributed by atoms with Crippen molar-refractivity contribution in [2.75, 3.05) is 25.2 Å². The van der Waals surface area contributed by atoms with E-state index >= 15 is 0 Å². The van der Waals surface area contributed by atoms with Crippen molar-refractivity contribution in [3.05, 3.63) is 17.7 Å². The van der Waals surface area contributed by atoms with Crippen molar-refractivity contribution in [1.29, 1.82) is 0 Å². The highest BCUT2D eigenvalue weighted by molar-refractivity contribution is 5.96. The van der Waals surface area contributed by atoms with Gasteiger partial charge in [-0.15, -0.1) is 0 Å². The van der Waals surface area contributed by atoms with Crippen molar-refractivity contribution in [2.24, 2.45) is 0 Å². The summed E-state index contributed by atoms with van der Waals surface area (Å²) in [7, 11) is 1.58. The maximum absolute atomic E-state index is 12.1. The number of pyridine rings is 1. The smallest absolute Gasteiger partial charge is 0.228 e. The number of fused-ring (bicyclic) bond motifs is 1. The van der Waals surface area contributed by atoms with Crippen LogP contribution >= 0.6 is 0 Å². The molecule has 1 unspecified atom stereocenters. The molecule has 2 aliphatic rings. The van der Waals surface area contributed by atoms with Gasteiger partial charge in [0.15, 0.2) is 0 Å². The molecule has 2 atom stereocenters. The quantitative estimate of drug-likeness (QED) is 0.757. The van der Waals surface area contributed by atoms with Crippen LogP contribution < -0.4 is 9.64 Å². The molecule has 0 radical (unpaired) electrons. The van der Waals surface area contributed by atoms with E-state index in [1.807, 2.05) is 12.1 Å². The first-order chi connectivity index (χ1) is 8.69. The van der Waals surface area contributed by atoms with E-state index in [1.165, 1.54) is 0 Å². The molecule has 0 spiro atoms. The van der Waals surface area contributed by atoms with E-state index in [9.17, 15) is 4.79 Å². The second-order valence-corrected chi connectivity index (χ2v) is 4.83. The molecule has 5 nitrogen and oxygen atoms in total. The number of methoxy groups -OCH3 is 1. The van der Waals surface area contributed by atoms with E-state index in [0.29, 0.717) is 18.8 Å². The highest BCUT2D eigenvalue weighted by atomic mass is 16.6. The summed E-state index contributed by atoms with van der Waals surface area (Å²) in [6, 6.07) is 3.84. The van der Waals surface area contributed by atoms with Crippen LogP contribution in [0.5, 0.6) is 5.88 Å². The third kappa shape index (κ3) is 1.95. The van der Waals surface area contributed by atoms with Crippen LogP contribution in [0, 0.1) is 0 Å². The van der Waals surface area contributed by atoms with Gasteiger partial charge in [0.1, 0.15) is 5.82 Å². The van der Waals surface area contributed by atoms with Crippen molar-refractivity contribution in [2.45, 2.75) is 25.4 Å². The van der Waals surface area contributed by atoms with Crippen molar-refractivity contribution in [1.82, 2.24) is 4.98 Å². The summed E-state index contributed by atoms with van der Waals surface area (Å²) >= 11 is 0. The van der Waals surface area contributed by atoms with Gasteiger partial charge >= 0.3 is 0 Å². The van der Waals surface area contributed by atoms with Gasteiger partial charge in [-0.1, -0.05) is 6.92 Å². The number of ether oxygens (including phenoxy) is 2.